The minimum Gasteiger partial charge on any atom is -0.307 e. The maximum Gasteiger partial charge on any atom is 0.164 e. The van der Waals surface area contributed by atoms with Gasteiger partial charge in [0.15, 0.2) is 17.5 Å². The van der Waals surface area contributed by atoms with E-state index in [0.29, 0.717) is 17.5 Å². The predicted octanol–water partition coefficient (Wildman–Crippen LogP) is 13.6. The fourth-order valence-electron chi connectivity index (χ4n) is 8.42. The molecule has 12 rings (SSSR count). The highest BCUT2D eigenvalue weighted by Gasteiger charge is 2.27. The smallest absolute Gasteiger partial charge is 0.164 e. The van der Waals surface area contributed by atoms with E-state index < -0.39 is 0 Å². The third-order valence-electron chi connectivity index (χ3n) is 10.9. The summed E-state index contributed by atoms with van der Waals surface area (Å²) in [5.74, 6) is 1.99. The molecule has 0 spiro atoms. The minimum absolute atomic E-state index is 0.660. The van der Waals surface area contributed by atoms with E-state index in [-0.39, 0.29) is 0 Å². The fraction of sp³-hybridized carbons (Fsp3) is 0. The molecule has 3 aromatic heterocycles. The molecule has 0 N–H and O–H groups in total. The summed E-state index contributed by atoms with van der Waals surface area (Å²) in [6.07, 6.45) is 0. The molecule has 8 aromatic carbocycles. The van der Waals surface area contributed by atoms with Crippen molar-refractivity contribution in [2.45, 2.75) is 9.79 Å². The Hall–Kier alpha value is -6.60. The number of fused-ring (bicyclic) bond motifs is 9. The molecule has 0 atom stereocenters. The molecule has 0 aliphatic carbocycles. The van der Waals surface area contributed by atoms with Crippen molar-refractivity contribution in [3.8, 4) is 51.0 Å². The number of thiophene rings is 1. The average Bonchev–Trinajstić information content (AvgIpc) is 3.80. The summed E-state index contributed by atoms with van der Waals surface area (Å²) >= 11 is 3.75. The van der Waals surface area contributed by atoms with E-state index in [2.05, 4.69) is 138 Å². The first-order chi connectivity index (χ1) is 27.3. The number of hydrogen-bond donors (Lipinski definition) is 0. The zero-order valence-electron chi connectivity index (χ0n) is 29.3. The maximum absolute atomic E-state index is 5.11. The number of hydrogen-bond acceptors (Lipinski definition) is 5. The molecule has 4 heterocycles. The van der Waals surface area contributed by atoms with E-state index in [4.69, 9.17) is 15.0 Å². The lowest BCUT2D eigenvalue weighted by Gasteiger charge is -2.24. The standard InChI is InChI=1S/C49H28N4S2/c1-3-13-29(14-4-1)47-50-48(30-15-5-2-6-16-30)52-49(51-47)38-27-28-42-43-33(19-11-20-34(38)43)36-21-12-23-40(45(36)55-42)53-39-22-9-7-17-31(39)35-25-26-37-32-18-8-10-24-41(32)54-46(37)44(35)53/h1-28H. The van der Waals surface area contributed by atoms with Gasteiger partial charge in [-0.1, -0.05) is 151 Å². The summed E-state index contributed by atoms with van der Waals surface area (Å²) in [4.78, 5) is 17.7. The number of nitrogens with zero attached hydrogens (tertiary/aromatic N) is 4. The van der Waals surface area contributed by atoms with Crippen molar-refractivity contribution >= 4 is 75.8 Å². The second kappa shape index (κ2) is 12.0. The predicted molar refractivity (Wildman–Crippen MR) is 230 cm³/mol. The molecule has 0 saturated carbocycles. The van der Waals surface area contributed by atoms with Gasteiger partial charge in [0.1, 0.15) is 0 Å². The van der Waals surface area contributed by atoms with Crippen LogP contribution < -0.4 is 0 Å². The quantitative estimate of drug-likeness (QED) is 0.180. The molecule has 0 fully saturated rings. The van der Waals surface area contributed by atoms with Crippen molar-refractivity contribution in [1.29, 1.82) is 0 Å². The van der Waals surface area contributed by atoms with Crippen molar-refractivity contribution in [1.82, 2.24) is 19.5 Å². The van der Waals surface area contributed by atoms with E-state index >= 15 is 0 Å². The van der Waals surface area contributed by atoms with E-state index in [1.165, 1.54) is 74.0 Å². The molecule has 1 aliphatic rings. The molecule has 6 heteroatoms. The summed E-state index contributed by atoms with van der Waals surface area (Å²) in [5, 5.41) is 7.53. The topological polar surface area (TPSA) is 43.6 Å². The normalized spacial score (nSPS) is 12.3. The molecule has 0 amide bonds. The Labute approximate surface area is 324 Å². The van der Waals surface area contributed by atoms with Crippen LogP contribution in [0.2, 0.25) is 0 Å². The van der Waals surface area contributed by atoms with E-state index in [1.54, 1.807) is 0 Å². The molecule has 4 nitrogen and oxygen atoms in total. The maximum atomic E-state index is 5.11. The van der Waals surface area contributed by atoms with Crippen LogP contribution in [0.15, 0.2) is 180 Å². The molecular formula is C49H28N4S2. The van der Waals surface area contributed by atoms with Crippen LogP contribution in [-0.2, 0) is 0 Å². The Morgan fingerprint density at radius 3 is 1.85 bits per heavy atom. The Bertz CT molecular complexity index is 3290. The van der Waals surface area contributed by atoms with Gasteiger partial charge in [0.2, 0.25) is 0 Å². The van der Waals surface area contributed by atoms with Crippen molar-refractivity contribution in [2.75, 3.05) is 0 Å². The molecule has 1 aliphatic heterocycles. The highest BCUT2D eigenvalue weighted by atomic mass is 32.2. The van der Waals surface area contributed by atoms with Gasteiger partial charge in [0, 0.05) is 58.1 Å². The Kier molecular flexibility index (Phi) is 6.70. The molecule has 11 aromatic rings. The minimum atomic E-state index is 0.660. The summed E-state index contributed by atoms with van der Waals surface area (Å²) in [7, 11) is 0. The average molecular weight is 737 g/mol. The molecule has 0 unspecified atom stereocenters. The van der Waals surface area contributed by atoms with Gasteiger partial charge >= 0.3 is 0 Å². The lowest BCUT2D eigenvalue weighted by atomic mass is 9.94. The van der Waals surface area contributed by atoms with Crippen molar-refractivity contribution in [2.24, 2.45) is 0 Å². The highest BCUT2D eigenvalue weighted by Crippen LogP contribution is 2.53. The number of aromatic nitrogens is 4. The summed E-state index contributed by atoms with van der Waals surface area (Å²) in [6.45, 7) is 0. The van der Waals surface area contributed by atoms with Gasteiger partial charge in [0.25, 0.3) is 0 Å². The van der Waals surface area contributed by atoms with E-state index in [0.717, 1.165) is 22.1 Å². The number of rotatable bonds is 4. The van der Waals surface area contributed by atoms with Crippen molar-refractivity contribution in [3.63, 3.8) is 0 Å². The van der Waals surface area contributed by atoms with Crippen LogP contribution >= 0.6 is 23.1 Å². The molecule has 0 radical (unpaired) electrons. The van der Waals surface area contributed by atoms with E-state index in [9.17, 15) is 0 Å². The van der Waals surface area contributed by atoms with Gasteiger partial charge in [-0.2, -0.15) is 0 Å². The fourth-order valence-corrected chi connectivity index (χ4v) is 10.9. The van der Waals surface area contributed by atoms with Crippen LogP contribution in [0.3, 0.4) is 0 Å². The second-order valence-electron chi connectivity index (χ2n) is 13.9. The molecule has 0 bridgehead atoms. The monoisotopic (exact) mass is 736 g/mol. The van der Waals surface area contributed by atoms with Gasteiger partial charge in [-0.3, -0.25) is 0 Å². The summed E-state index contributed by atoms with van der Waals surface area (Å²) in [5.41, 5.74) is 9.05. The van der Waals surface area contributed by atoms with Gasteiger partial charge in [0.05, 0.1) is 21.4 Å². The van der Waals surface area contributed by atoms with Gasteiger partial charge in [-0.05, 0) is 46.8 Å². The van der Waals surface area contributed by atoms with Gasteiger partial charge in [-0.15, -0.1) is 11.3 Å². The first-order valence-corrected chi connectivity index (χ1v) is 20.0. The first kappa shape index (κ1) is 30.8. The summed E-state index contributed by atoms with van der Waals surface area (Å²) < 4.78 is 5.16. The SMILES string of the molecule is c1ccc(-c2nc(-c3ccccc3)nc(-c3ccc4c5c(cccc35)-c3cccc(-n5c6ccccc6c6ccc7c8ccccc8sc7c65)c3S4)n2)cc1. The Morgan fingerprint density at radius 2 is 1.05 bits per heavy atom. The zero-order valence-corrected chi connectivity index (χ0v) is 30.9. The first-order valence-electron chi connectivity index (χ1n) is 18.4. The molecule has 0 saturated heterocycles. The molecule has 256 valence electrons. The van der Waals surface area contributed by atoms with Crippen LogP contribution in [0.25, 0.3) is 104 Å². The van der Waals surface area contributed by atoms with Crippen LogP contribution in [0.4, 0.5) is 0 Å². The Morgan fingerprint density at radius 1 is 0.418 bits per heavy atom. The number of para-hydroxylation sites is 1. The highest BCUT2D eigenvalue weighted by molar-refractivity contribution is 8.00. The zero-order chi connectivity index (χ0) is 36.0. The second-order valence-corrected chi connectivity index (χ2v) is 16.0. The van der Waals surface area contributed by atoms with Crippen LogP contribution in [0.5, 0.6) is 0 Å². The van der Waals surface area contributed by atoms with Gasteiger partial charge < -0.3 is 4.57 Å². The molecule has 55 heavy (non-hydrogen) atoms. The lowest BCUT2D eigenvalue weighted by Crippen LogP contribution is -2.03. The third kappa shape index (κ3) is 4.62. The van der Waals surface area contributed by atoms with Crippen LogP contribution in [0.1, 0.15) is 0 Å². The van der Waals surface area contributed by atoms with E-state index in [1.807, 2.05) is 59.5 Å². The van der Waals surface area contributed by atoms with Crippen molar-refractivity contribution < 1.29 is 0 Å². The summed E-state index contributed by atoms with van der Waals surface area (Å²) in [6, 6.07) is 60.5. The number of benzene rings is 8. The largest absolute Gasteiger partial charge is 0.307 e. The van der Waals surface area contributed by atoms with Gasteiger partial charge in [-0.25, -0.2) is 15.0 Å². The van der Waals surface area contributed by atoms with Crippen LogP contribution in [0, 0.1) is 0 Å². The molecular weight excluding hydrogens is 709 g/mol. The lowest BCUT2D eigenvalue weighted by molar-refractivity contribution is 1.08. The third-order valence-corrected chi connectivity index (χ3v) is 13.2. The Balaban J connectivity index is 1.09. The van der Waals surface area contributed by atoms with Crippen LogP contribution in [-0.4, -0.2) is 19.5 Å². The van der Waals surface area contributed by atoms with Crippen molar-refractivity contribution in [3.05, 3.63) is 170 Å².